The average molecular weight is 310 g/mol. The number of aryl methyl sites for hydroxylation is 1. The lowest BCUT2D eigenvalue weighted by Crippen LogP contribution is -2.13. The molecule has 122 valence electrons. The number of methoxy groups -OCH3 is 1. The van der Waals surface area contributed by atoms with Crippen LogP contribution in [-0.4, -0.2) is 29.5 Å². The highest BCUT2D eigenvalue weighted by Crippen LogP contribution is 2.26. The lowest BCUT2D eigenvalue weighted by atomic mass is 9.94. The topological polar surface area (TPSA) is 27.1 Å². The maximum absolute atomic E-state index is 13.4. The maximum atomic E-state index is 13.4. The maximum Gasteiger partial charge on any atom is 0.116 e. The van der Waals surface area contributed by atoms with Crippen molar-refractivity contribution in [2.45, 2.75) is 45.5 Å². The predicted molar refractivity (Wildman–Crippen MR) is 83.1 cm³/mol. The molecule has 0 radical (unpaired) electrons. The van der Waals surface area contributed by atoms with Crippen LogP contribution in [0.25, 0.3) is 0 Å². The monoisotopic (exact) mass is 310 g/mol. The first-order valence-corrected chi connectivity index (χ1v) is 7.75. The van der Waals surface area contributed by atoms with Crippen LogP contribution in [0.1, 0.15) is 31.3 Å². The van der Waals surface area contributed by atoms with Crippen LogP contribution in [-0.2, 0) is 24.3 Å². The summed E-state index contributed by atoms with van der Waals surface area (Å²) in [6, 6.07) is 0. The fourth-order valence-electron chi connectivity index (χ4n) is 2.85. The van der Waals surface area contributed by atoms with Crippen LogP contribution < -0.4 is 0 Å². The summed E-state index contributed by atoms with van der Waals surface area (Å²) in [7, 11) is 1.65. The molecule has 0 aromatic carbocycles. The molecule has 0 saturated carbocycles. The van der Waals surface area contributed by atoms with Gasteiger partial charge in [-0.25, -0.2) is 13.8 Å². The minimum atomic E-state index is -1.01. The molecule has 0 fully saturated rings. The van der Waals surface area contributed by atoms with Crippen molar-refractivity contribution in [1.82, 2.24) is 9.55 Å². The molecule has 2 rings (SSSR count). The molecule has 1 aliphatic heterocycles. The van der Waals surface area contributed by atoms with Crippen molar-refractivity contribution < 1.29 is 13.5 Å². The molecule has 2 atom stereocenters. The Bertz CT molecular complexity index is 535. The highest BCUT2D eigenvalue weighted by atomic mass is 19.1. The Labute approximate surface area is 130 Å². The standard InChI is InChI=1S/C17H24F2N2O/c1-13(19)5-3-6-14(9-18)15-7-4-8-17-20-16(12-22-2)11-21(17)10-15/h3,5-6,11,13,15H,4,7-10,12H2,1-2H3/b5-3-,14-6+. The number of halogens is 2. The van der Waals surface area contributed by atoms with E-state index in [4.69, 9.17) is 4.74 Å². The van der Waals surface area contributed by atoms with Gasteiger partial charge in [-0.05, 0) is 25.3 Å². The Kier molecular flexibility index (Phi) is 6.31. The first kappa shape index (κ1) is 16.9. The Balaban J connectivity index is 2.13. The number of hydrogen-bond donors (Lipinski definition) is 0. The van der Waals surface area contributed by atoms with E-state index in [0.29, 0.717) is 6.61 Å². The summed E-state index contributed by atoms with van der Waals surface area (Å²) >= 11 is 0. The highest BCUT2D eigenvalue weighted by molar-refractivity contribution is 5.18. The molecule has 0 bridgehead atoms. The van der Waals surface area contributed by atoms with Gasteiger partial charge in [-0.2, -0.15) is 0 Å². The number of rotatable bonds is 6. The van der Waals surface area contributed by atoms with Crippen molar-refractivity contribution in [1.29, 1.82) is 0 Å². The molecule has 0 aliphatic carbocycles. The van der Waals surface area contributed by atoms with Crippen LogP contribution in [0.5, 0.6) is 0 Å². The van der Waals surface area contributed by atoms with Crippen LogP contribution in [0, 0.1) is 5.92 Å². The molecule has 5 heteroatoms. The van der Waals surface area contributed by atoms with Gasteiger partial charge in [0.05, 0.1) is 12.3 Å². The van der Waals surface area contributed by atoms with Gasteiger partial charge in [0.2, 0.25) is 0 Å². The number of fused-ring (bicyclic) bond motifs is 1. The van der Waals surface area contributed by atoms with Gasteiger partial charge in [0.15, 0.2) is 0 Å². The molecule has 1 aromatic rings. The van der Waals surface area contributed by atoms with Gasteiger partial charge in [-0.1, -0.05) is 18.2 Å². The number of allylic oxidation sites excluding steroid dienone is 4. The summed E-state index contributed by atoms with van der Waals surface area (Å²) in [5, 5.41) is 0. The van der Waals surface area contributed by atoms with Gasteiger partial charge in [0.1, 0.15) is 18.7 Å². The van der Waals surface area contributed by atoms with Gasteiger partial charge < -0.3 is 9.30 Å². The third-order valence-electron chi connectivity index (χ3n) is 3.94. The molecular weight excluding hydrogens is 286 g/mol. The Hall–Kier alpha value is -1.49. The second-order valence-electron chi connectivity index (χ2n) is 5.76. The van der Waals surface area contributed by atoms with Crippen molar-refractivity contribution in [2.24, 2.45) is 5.92 Å². The average Bonchev–Trinajstić information content (AvgIpc) is 2.74. The van der Waals surface area contributed by atoms with Crippen LogP contribution in [0.15, 0.2) is 30.0 Å². The molecule has 1 aliphatic rings. The van der Waals surface area contributed by atoms with Crippen molar-refractivity contribution in [3.63, 3.8) is 0 Å². The number of hydrogen-bond acceptors (Lipinski definition) is 2. The highest BCUT2D eigenvalue weighted by Gasteiger charge is 2.21. The summed E-state index contributed by atoms with van der Waals surface area (Å²) in [6.07, 6.45) is 8.57. The fourth-order valence-corrected chi connectivity index (χ4v) is 2.85. The summed E-state index contributed by atoms with van der Waals surface area (Å²) in [5.41, 5.74) is 1.64. The molecule has 0 saturated heterocycles. The molecule has 0 amide bonds. The van der Waals surface area contributed by atoms with E-state index in [1.807, 2.05) is 6.20 Å². The SMILES string of the molecule is COCc1cn2c(n1)CCCC(/C(=C/C=C\C(C)F)CF)C2. The van der Waals surface area contributed by atoms with Crippen LogP contribution in [0.4, 0.5) is 8.78 Å². The predicted octanol–water partition coefficient (Wildman–Crippen LogP) is 3.79. The fraction of sp³-hybridized carbons (Fsp3) is 0.588. The van der Waals surface area contributed by atoms with Gasteiger partial charge >= 0.3 is 0 Å². The molecule has 1 aromatic heterocycles. The van der Waals surface area contributed by atoms with Gasteiger partial charge in [0.25, 0.3) is 0 Å². The second-order valence-corrected chi connectivity index (χ2v) is 5.76. The molecule has 0 N–H and O–H groups in total. The quantitative estimate of drug-likeness (QED) is 0.747. The number of alkyl halides is 2. The zero-order valence-corrected chi connectivity index (χ0v) is 13.3. The Morgan fingerprint density at radius 3 is 3.09 bits per heavy atom. The van der Waals surface area contributed by atoms with E-state index in [-0.39, 0.29) is 5.92 Å². The van der Waals surface area contributed by atoms with Crippen LogP contribution in [0.2, 0.25) is 0 Å². The Morgan fingerprint density at radius 1 is 1.59 bits per heavy atom. The van der Waals surface area contributed by atoms with E-state index in [9.17, 15) is 8.78 Å². The lowest BCUT2D eigenvalue weighted by Gasteiger charge is -2.17. The third kappa shape index (κ3) is 4.50. The summed E-state index contributed by atoms with van der Waals surface area (Å²) < 4.78 is 33.4. The minimum Gasteiger partial charge on any atom is -0.378 e. The number of nitrogens with zero attached hydrogens (tertiary/aromatic N) is 2. The van der Waals surface area contributed by atoms with Crippen LogP contribution in [0.3, 0.4) is 0 Å². The number of imidazole rings is 1. The van der Waals surface area contributed by atoms with E-state index in [0.717, 1.165) is 42.9 Å². The summed E-state index contributed by atoms with van der Waals surface area (Å²) in [6.45, 7) is 2.18. The molecule has 2 heterocycles. The molecule has 3 nitrogen and oxygen atoms in total. The normalized spacial score (nSPS) is 20.9. The molecule has 2 unspecified atom stereocenters. The van der Waals surface area contributed by atoms with Gasteiger partial charge in [0, 0.05) is 32.2 Å². The largest absolute Gasteiger partial charge is 0.378 e. The lowest BCUT2D eigenvalue weighted by molar-refractivity contribution is 0.181. The van der Waals surface area contributed by atoms with Crippen molar-refractivity contribution in [3.8, 4) is 0 Å². The zero-order chi connectivity index (χ0) is 15.9. The summed E-state index contributed by atoms with van der Waals surface area (Å²) in [4.78, 5) is 4.57. The van der Waals surface area contributed by atoms with E-state index in [2.05, 4.69) is 9.55 Å². The van der Waals surface area contributed by atoms with Crippen molar-refractivity contribution in [3.05, 3.63) is 41.5 Å². The van der Waals surface area contributed by atoms with Crippen molar-refractivity contribution >= 4 is 0 Å². The van der Waals surface area contributed by atoms with E-state index < -0.39 is 12.8 Å². The van der Waals surface area contributed by atoms with Gasteiger partial charge in [-0.15, -0.1) is 0 Å². The molecule has 22 heavy (non-hydrogen) atoms. The first-order valence-electron chi connectivity index (χ1n) is 7.75. The van der Waals surface area contributed by atoms with E-state index in [1.54, 1.807) is 19.3 Å². The summed E-state index contributed by atoms with van der Waals surface area (Å²) in [5.74, 6) is 1.18. The number of ether oxygens (including phenoxy) is 1. The number of aromatic nitrogens is 2. The zero-order valence-electron chi connectivity index (χ0n) is 13.3. The van der Waals surface area contributed by atoms with Gasteiger partial charge in [-0.3, -0.25) is 0 Å². The third-order valence-corrected chi connectivity index (χ3v) is 3.94. The molecular formula is C17H24F2N2O. The Morgan fingerprint density at radius 2 is 2.41 bits per heavy atom. The minimum absolute atomic E-state index is 0.135. The second kappa shape index (κ2) is 8.22. The van der Waals surface area contributed by atoms with E-state index in [1.165, 1.54) is 13.0 Å². The van der Waals surface area contributed by atoms with Crippen LogP contribution >= 0.6 is 0 Å². The first-order chi connectivity index (χ1) is 10.6. The van der Waals surface area contributed by atoms with E-state index >= 15 is 0 Å². The smallest absolute Gasteiger partial charge is 0.116 e. The molecule has 0 spiro atoms. The van der Waals surface area contributed by atoms with Crippen molar-refractivity contribution in [2.75, 3.05) is 13.8 Å².